The topological polar surface area (TPSA) is 12.4 Å². The van der Waals surface area contributed by atoms with Crippen LogP contribution in [0.3, 0.4) is 0 Å². The number of rotatable bonds is 3. The Kier molecular flexibility index (Phi) is 5.72. The summed E-state index contributed by atoms with van der Waals surface area (Å²) in [5.74, 6) is 0. The Balaban J connectivity index is 2.28. The van der Waals surface area contributed by atoms with E-state index in [-0.39, 0.29) is 0 Å². The molecule has 0 saturated carbocycles. The van der Waals surface area contributed by atoms with Crippen LogP contribution in [-0.2, 0) is 13.5 Å². The van der Waals surface area contributed by atoms with Gasteiger partial charge in [0.2, 0.25) is 0 Å². The Morgan fingerprint density at radius 1 is 0.895 bits per heavy atom. The first-order valence-corrected chi connectivity index (χ1v) is 11.2. The van der Waals surface area contributed by atoms with Gasteiger partial charge in [0.25, 0.3) is 0 Å². The molecule has 1 nitrogen and oxygen atoms in total. The SMILES string of the molecule is Clc1ccc(N=Cc2ccccc2[CH]=[Ru]([Cl])[Cl])cc1. The van der Waals surface area contributed by atoms with E-state index < -0.39 is 13.5 Å². The molecule has 100 valence electrons. The summed E-state index contributed by atoms with van der Waals surface area (Å²) in [5.41, 5.74) is 2.87. The van der Waals surface area contributed by atoms with Gasteiger partial charge >= 0.3 is 131 Å². The molecule has 0 heterocycles. The van der Waals surface area contributed by atoms with Crippen LogP contribution < -0.4 is 0 Å². The first-order valence-electron chi connectivity index (χ1n) is 5.37. The fourth-order valence-corrected chi connectivity index (χ4v) is 3.45. The van der Waals surface area contributed by atoms with Crippen LogP contribution in [0.25, 0.3) is 0 Å². The van der Waals surface area contributed by atoms with Crippen LogP contribution in [0.15, 0.2) is 53.5 Å². The van der Waals surface area contributed by atoms with E-state index in [9.17, 15) is 0 Å². The summed E-state index contributed by atoms with van der Waals surface area (Å²) in [7, 11) is 11.8. The fraction of sp³-hybridized carbons (Fsp3) is 0. The molecule has 0 spiro atoms. The van der Waals surface area contributed by atoms with E-state index in [1.807, 2.05) is 53.1 Å². The Hall–Kier alpha value is -0.527. The van der Waals surface area contributed by atoms with Gasteiger partial charge in [-0.25, -0.2) is 0 Å². The number of benzene rings is 2. The average Bonchev–Trinajstić information content (AvgIpc) is 2.39. The Bertz CT molecular complexity index is 617. The van der Waals surface area contributed by atoms with Gasteiger partial charge in [0.1, 0.15) is 0 Å². The monoisotopic (exact) mass is 399 g/mol. The van der Waals surface area contributed by atoms with Crippen molar-refractivity contribution in [1.29, 1.82) is 0 Å². The van der Waals surface area contributed by atoms with Crippen molar-refractivity contribution in [1.82, 2.24) is 0 Å². The van der Waals surface area contributed by atoms with Crippen molar-refractivity contribution in [2.24, 2.45) is 4.99 Å². The summed E-state index contributed by atoms with van der Waals surface area (Å²) in [5, 5.41) is 0.700. The van der Waals surface area contributed by atoms with Gasteiger partial charge in [-0.1, -0.05) is 0 Å². The standard InChI is InChI=1S/C14H10ClN.2ClH.Ru/c1-11-4-2-3-5-12(11)10-16-14-8-6-13(15)7-9-14;;;/h1-10H;2*1H;/q;;;+2/p-2. The summed E-state index contributed by atoms with van der Waals surface area (Å²) in [6.45, 7) is 0. The zero-order chi connectivity index (χ0) is 13.7. The summed E-state index contributed by atoms with van der Waals surface area (Å²) in [6, 6.07) is 15.2. The second-order valence-electron chi connectivity index (χ2n) is 3.67. The first-order chi connectivity index (χ1) is 9.15. The van der Waals surface area contributed by atoms with Crippen molar-refractivity contribution < 1.29 is 13.5 Å². The van der Waals surface area contributed by atoms with Crippen LogP contribution >= 0.6 is 31.0 Å². The third kappa shape index (κ3) is 4.82. The van der Waals surface area contributed by atoms with Crippen molar-refractivity contribution in [3.8, 4) is 0 Å². The van der Waals surface area contributed by atoms with Crippen LogP contribution in [0.4, 0.5) is 5.69 Å². The molecule has 0 fully saturated rings. The average molecular weight is 400 g/mol. The molecule has 0 aromatic heterocycles. The zero-order valence-electron chi connectivity index (χ0n) is 9.71. The molecule has 0 unspecified atom stereocenters. The molecular formula is C14H10Cl3NRu. The molecule has 0 radical (unpaired) electrons. The predicted molar refractivity (Wildman–Crippen MR) is 82.0 cm³/mol. The third-order valence-electron chi connectivity index (χ3n) is 2.36. The molecule has 2 aromatic carbocycles. The molecule has 2 rings (SSSR count). The van der Waals surface area contributed by atoms with Gasteiger partial charge in [0.15, 0.2) is 0 Å². The molecular weight excluding hydrogens is 390 g/mol. The normalized spacial score (nSPS) is 11.6. The first kappa shape index (κ1) is 14.9. The molecule has 0 amide bonds. The maximum atomic E-state index is 5.91. The second kappa shape index (κ2) is 7.31. The van der Waals surface area contributed by atoms with Crippen molar-refractivity contribution >= 4 is 47.5 Å². The van der Waals surface area contributed by atoms with Crippen molar-refractivity contribution in [2.75, 3.05) is 0 Å². The Labute approximate surface area is 130 Å². The Morgan fingerprint density at radius 3 is 2.16 bits per heavy atom. The van der Waals surface area contributed by atoms with E-state index in [1.54, 1.807) is 6.21 Å². The number of aliphatic imine (C=N–C) groups is 1. The minimum atomic E-state index is -1.83. The molecule has 2 aromatic rings. The molecule has 0 bridgehead atoms. The summed E-state index contributed by atoms with van der Waals surface area (Å²) >= 11 is 4.00. The fourth-order valence-electron chi connectivity index (χ4n) is 1.48. The Morgan fingerprint density at radius 2 is 1.53 bits per heavy atom. The van der Waals surface area contributed by atoms with Crippen molar-refractivity contribution in [3.05, 3.63) is 64.7 Å². The number of nitrogens with zero attached hydrogens (tertiary/aromatic N) is 1. The van der Waals surface area contributed by atoms with E-state index in [0.717, 1.165) is 16.8 Å². The molecule has 5 heteroatoms. The summed E-state index contributed by atoms with van der Waals surface area (Å²) in [4.78, 5) is 4.41. The quantitative estimate of drug-likeness (QED) is 0.499. The van der Waals surface area contributed by atoms with E-state index >= 15 is 0 Å². The number of hydrogen-bond acceptors (Lipinski definition) is 1. The van der Waals surface area contributed by atoms with Crippen LogP contribution in [0, 0.1) is 0 Å². The second-order valence-corrected chi connectivity index (χ2v) is 9.83. The molecule has 0 aliphatic rings. The number of halogens is 3. The van der Waals surface area contributed by atoms with Gasteiger partial charge in [-0.05, 0) is 0 Å². The molecule has 0 aliphatic carbocycles. The van der Waals surface area contributed by atoms with E-state index in [1.165, 1.54) is 0 Å². The molecule has 0 N–H and O–H groups in total. The van der Waals surface area contributed by atoms with E-state index in [4.69, 9.17) is 31.0 Å². The van der Waals surface area contributed by atoms with Crippen molar-refractivity contribution in [2.45, 2.75) is 0 Å². The van der Waals surface area contributed by atoms with Crippen molar-refractivity contribution in [3.63, 3.8) is 0 Å². The van der Waals surface area contributed by atoms with Gasteiger partial charge in [0.05, 0.1) is 0 Å². The third-order valence-corrected chi connectivity index (χ3v) is 4.45. The number of hydrogen-bond donors (Lipinski definition) is 0. The molecule has 19 heavy (non-hydrogen) atoms. The van der Waals surface area contributed by atoms with Crippen LogP contribution in [0.1, 0.15) is 11.1 Å². The summed E-state index contributed by atoms with van der Waals surface area (Å²) in [6.07, 6.45) is 1.81. The van der Waals surface area contributed by atoms with Gasteiger partial charge in [0, 0.05) is 0 Å². The minimum absolute atomic E-state index is 0.700. The summed E-state index contributed by atoms with van der Waals surface area (Å²) < 4.78 is 1.91. The van der Waals surface area contributed by atoms with Gasteiger partial charge in [-0.2, -0.15) is 0 Å². The van der Waals surface area contributed by atoms with Crippen LogP contribution in [0.2, 0.25) is 5.02 Å². The van der Waals surface area contributed by atoms with Gasteiger partial charge in [-0.15, -0.1) is 0 Å². The predicted octanol–water partition coefficient (Wildman–Crippen LogP) is 5.17. The van der Waals surface area contributed by atoms with E-state index in [0.29, 0.717) is 5.02 Å². The van der Waals surface area contributed by atoms with E-state index in [2.05, 4.69) is 4.99 Å². The maximum absolute atomic E-state index is 5.91. The van der Waals surface area contributed by atoms with Gasteiger partial charge in [-0.3, -0.25) is 0 Å². The van der Waals surface area contributed by atoms with Gasteiger partial charge < -0.3 is 0 Å². The molecule has 0 atom stereocenters. The van der Waals surface area contributed by atoms with Crippen LogP contribution in [-0.4, -0.2) is 10.8 Å². The molecule has 0 saturated heterocycles. The molecule has 0 aliphatic heterocycles. The van der Waals surface area contributed by atoms with Crippen LogP contribution in [0.5, 0.6) is 0 Å². The zero-order valence-corrected chi connectivity index (χ0v) is 13.7.